The van der Waals surface area contributed by atoms with Gasteiger partial charge in [-0.3, -0.25) is 14.9 Å². The molecule has 0 radical (unpaired) electrons. The van der Waals surface area contributed by atoms with Crippen LogP contribution in [-0.4, -0.2) is 50.7 Å². The molecule has 2 aliphatic rings. The van der Waals surface area contributed by atoms with Crippen molar-refractivity contribution in [1.82, 2.24) is 15.3 Å². The Hall–Kier alpha value is -2.07. The van der Waals surface area contributed by atoms with Crippen LogP contribution in [0.25, 0.3) is 0 Å². The number of aliphatic hydroxyl groups excluding tert-OH is 2. The molecule has 2 heterocycles. The number of carbonyl (C=O) groups is 2. The standard InChI is InChI=1S/C25H33ClN4O4S/c1-13(2)28-20(33)10-15-21-16(11-17-24(15,3)7-5-18(32)25(17,4)12-31)35-23(29-21)30-22(34)14-6-8-27-19(26)9-14/h6,8-9,13,15,17-18,31-32H,5,7,10-12H2,1-4H3,(H,28,33)(H,29,30,34). The summed E-state index contributed by atoms with van der Waals surface area (Å²) in [4.78, 5) is 35.4. The average molecular weight is 521 g/mol. The topological polar surface area (TPSA) is 124 Å². The third-order valence-corrected chi connectivity index (χ3v) is 9.16. The highest BCUT2D eigenvalue weighted by Crippen LogP contribution is 2.62. The minimum absolute atomic E-state index is 0.0162. The lowest BCUT2D eigenvalue weighted by atomic mass is 9.47. The van der Waals surface area contributed by atoms with Crippen LogP contribution in [0.3, 0.4) is 0 Å². The number of anilines is 1. The van der Waals surface area contributed by atoms with Gasteiger partial charge in [0, 0.05) is 40.4 Å². The van der Waals surface area contributed by atoms with E-state index in [1.807, 2.05) is 20.8 Å². The van der Waals surface area contributed by atoms with E-state index in [1.165, 1.54) is 23.6 Å². The van der Waals surface area contributed by atoms with E-state index in [2.05, 4.69) is 22.5 Å². The Morgan fingerprint density at radius 3 is 2.74 bits per heavy atom. The molecular formula is C25H33ClN4O4S. The molecule has 0 aliphatic heterocycles. The van der Waals surface area contributed by atoms with Crippen molar-refractivity contribution < 1.29 is 19.8 Å². The summed E-state index contributed by atoms with van der Waals surface area (Å²) in [7, 11) is 0. The van der Waals surface area contributed by atoms with Crippen molar-refractivity contribution in [1.29, 1.82) is 0 Å². The first-order valence-electron chi connectivity index (χ1n) is 12.0. The van der Waals surface area contributed by atoms with E-state index in [-0.39, 0.29) is 53.3 Å². The molecule has 0 bridgehead atoms. The van der Waals surface area contributed by atoms with Crippen LogP contribution in [0.5, 0.6) is 0 Å². The normalized spacial score (nSPS) is 29.9. The Morgan fingerprint density at radius 2 is 2.09 bits per heavy atom. The number of aromatic nitrogens is 2. The summed E-state index contributed by atoms with van der Waals surface area (Å²) < 4.78 is 0. The van der Waals surface area contributed by atoms with E-state index in [9.17, 15) is 19.8 Å². The molecule has 10 heteroatoms. The van der Waals surface area contributed by atoms with Crippen LogP contribution >= 0.6 is 22.9 Å². The molecule has 8 nitrogen and oxygen atoms in total. The summed E-state index contributed by atoms with van der Waals surface area (Å²) in [5.41, 5.74) is 0.167. The number of aliphatic hydroxyl groups is 2. The number of carbonyl (C=O) groups excluding carboxylic acids is 2. The fraction of sp³-hybridized carbons (Fsp3) is 0.600. The van der Waals surface area contributed by atoms with Gasteiger partial charge in [-0.2, -0.15) is 0 Å². The lowest BCUT2D eigenvalue weighted by Crippen LogP contribution is -2.57. The molecule has 5 atom stereocenters. The molecule has 5 unspecified atom stereocenters. The molecular weight excluding hydrogens is 488 g/mol. The van der Waals surface area contributed by atoms with Gasteiger partial charge in [-0.05, 0) is 56.6 Å². The van der Waals surface area contributed by atoms with Crippen molar-refractivity contribution in [2.75, 3.05) is 11.9 Å². The van der Waals surface area contributed by atoms with Gasteiger partial charge in [0.2, 0.25) is 5.91 Å². The Balaban J connectivity index is 1.71. The van der Waals surface area contributed by atoms with Crippen LogP contribution in [0.1, 0.15) is 73.8 Å². The van der Waals surface area contributed by atoms with E-state index >= 15 is 0 Å². The smallest absolute Gasteiger partial charge is 0.257 e. The van der Waals surface area contributed by atoms with Gasteiger partial charge < -0.3 is 15.5 Å². The molecule has 0 spiro atoms. The van der Waals surface area contributed by atoms with Gasteiger partial charge in [-0.15, -0.1) is 11.3 Å². The molecule has 0 aromatic carbocycles. The van der Waals surface area contributed by atoms with Gasteiger partial charge in [0.1, 0.15) is 5.15 Å². The predicted octanol–water partition coefficient (Wildman–Crippen LogP) is 3.77. The van der Waals surface area contributed by atoms with Gasteiger partial charge in [-0.1, -0.05) is 25.4 Å². The van der Waals surface area contributed by atoms with Crippen molar-refractivity contribution in [3.05, 3.63) is 39.6 Å². The van der Waals surface area contributed by atoms with Crippen LogP contribution < -0.4 is 10.6 Å². The molecule has 2 aliphatic carbocycles. The highest BCUT2D eigenvalue weighted by atomic mass is 35.5. The summed E-state index contributed by atoms with van der Waals surface area (Å²) in [6, 6.07) is 3.09. The predicted molar refractivity (Wildman–Crippen MR) is 136 cm³/mol. The average Bonchev–Trinajstić information content (AvgIpc) is 3.19. The molecule has 1 saturated carbocycles. The Kier molecular flexibility index (Phi) is 7.26. The van der Waals surface area contributed by atoms with Crippen molar-refractivity contribution in [2.45, 2.75) is 71.4 Å². The highest BCUT2D eigenvalue weighted by Gasteiger charge is 2.59. The number of nitrogens with zero attached hydrogens (tertiary/aromatic N) is 2. The zero-order valence-electron chi connectivity index (χ0n) is 20.5. The van der Waals surface area contributed by atoms with Crippen LogP contribution in [0.4, 0.5) is 5.13 Å². The first kappa shape index (κ1) is 26.0. The summed E-state index contributed by atoms with van der Waals surface area (Å²) in [5, 5.41) is 27.8. The van der Waals surface area contributed by atoms with Gasteiger partial charge in [0.25, 0.3) is 5.91 Å². The lowest BCUT2D eigenvalue weighted by Gasteiger charge is -2.58. The molecule has 4 rings (SSSR count). The van der Waals surface area contributed by atoms with E-state index in [1.54, 1.807) is 6.07 Å². The first-order valence-corrected chi connectivity index (χ1v) is 13.2. The highest BCUT2D eigenvalue weighted by molar-refractivity contribution is 7.15. The molecule has 2 aromatic heterocycles. The van der Waals surface area contributed by atoms with Gasteiger partial charge in [0.05, 0.1) is 18.4 Å². The summed E-state index contributed by atoms with van der Waals surface area (Å²) in [6.45, 7) is 7.81. The van der Waals surface area contributed by atoms with Gasteiger partial charge in [-0.25, -0.2) is 9.97 Å². The molecule has 4 N–H and O–H groups in total. The first-order chi connectivity index (χ1) is 16.5. The number of rotatable bonds is 6. The summed E-state index contributed by atoms with van der Waals surface area (Å²) in [5.74, 6) is -0.643. The molecule has 2 amide bonds. The fourth-order valence-corrected chi connectivity index (χ4v) is 7.22. The molecule has 2 aromatic rings. The largest absolute Gasteiger partial charge is 0.396 e. The van der Waals surface area contributed by atoms with Crippen molar-refractivity contribution in [2.24, 2.45) is 16.7 Å². The summed E-state index contributed by atoms with van der Waals surface area (Å²) in [6.07, 6.45) is 3.00. The minimum atomic E-state index is -0.696. The van der Waals surface area contributed by atoms with E-state index in [0.29, 0.717) is 23.5 Å². The van der Waals surface area contributed by atoms with Crippen molar-refractivity contribution in [3.63, 3.8) is 0 Å². The zero-order chi connectivity index (χ0) is 25.5. The second kappa shape index (κ2) is 9.76. The maximum atomic E-state index is 12.9. The molecule has 1 fully saturated rings. The number of hydrogen-bond acceptors (Lipinski definition) is 7. The van der Waals surface area contributed by atoms with Crippen LogP contribution in [-0.2, 0) is 11.2 Å². The Labute approximate surface area is 214 Å². The maximum Gasteiger partial charge on any atom is 0.257 e. The number of halogens is 1. The number of nitrogens with one attached hydrogen (secondary N) is 2. The molecule has 0 saturated heterocycles. The van der Waals surface area contributed by atoms with Crippen LogP contribution in [0.15, 0.2) is 18.3 Å². The van der Waals surface area contributed by atoms with Crippen LogP contribution in [0.2, 0.25) is 5.15 Å². The maximum absolute atomic E-state index is 12.9. The van der Waals surface area contributed by atoms with E-state index in [0.717, 1.165) is 17.0 Å². The van der Waals surface area contributed by atoms with Crippen molar-refractivity contribution >= 4 is 39.9 Å². The summed E-state index contributed by atoms with van der Waals surface area (Å²) >= 11 is 7.32. The number of amides is 2. The molecule has 35 heavy (non-hydrogen) atoms. The van der Waals surface area contributed by atoms with Gasteiger partial charge in [0.15, 0.2) is 5.13 Å². The zero-order valence-corrected chi connectivity index (χ0v) is 22.0. The second-order valence-electron chi connectivity index (χ2n) is 10.6. The molecule has 190 valence electrons. The third kappa shape index (κ3) is 4.83. The number of fused-ring (bicyclic) bond motifs is 2. The SMILES string of the molecule is CC(C)NC(=O)CC1c2nc(NC(=O)c3ccnc(Cl)c3)sc2CC2C(C)(CO)C(O)CCC12C. The van der Waals surface area contributed by atoms with Gasteiger partial charge >= 0.3 is 0 Å². The number of pyridine rings is 1. The monoisotopic (exact) mass is 520 g/mol. The van der Waals surface area contributed by atoms with Crippen molar-refractivity contribution in [3.8, 4) is 0 Å². The van der Waals surface area contributed by atoms with Crippen LogP contribution in [0, 0.1) is 16.7 Å². The Morgan fingerprint density at radius 1 is 1.34 bits per heavy atom. The van der Waals surface area contributed by atoms with E-state index < -0.39 is 11.5 Å². The Bertz CT molecular complexity index is 1120. The number of thiazole rings is 1. The lowest BCUT2D eigenvalue weighted by molar-refractivity contribution is -0.144. The quantitative estimate of drug-likeness (QED) is 0.430. The fourth-order valence-electron chi connectivity index (χ4n) is 5.98. The number of hydrogen-bond donors (Lipinski definition) is 4. The third-order valence-electron chi connectivity index (χ3n) is 7.94. The second-order valence-corrected chi connectivity index (χ2v) is 12.1. The minimum Gasteiger partial charge on any atom is -0.396 e. The van der Waals surface area contributed by atoms with E-state index in [4.69, 9.17) is 16.6 Å².